The zero-order valence-corrected chi connectivity index (χ0v) is 8.25. The normalized spacial score (nSPS) is 17.1. The molecule has 1 aliphatic heterocycles. The van der Waals surface area contributed by atoms with E-state index in [1.54, 1.807) is 0 Å². The van der Waals surface area contributed by atoms with Crippen molar-refractivity contribution in [3.8, 4) is 0 Å². The maximum Gasteiger partial charge on any atom is 0.518 e. The van der Waals surface area contributed by atoms with Crippen LogP contribution in [-0.2, 0) is 9.47 Å². The largest absolute Gasteiger partial charge is 0.518 e. The molecule has 1 aliphatic rings. The highest BCUT2D eigenvalue weighted by Gasteiger charge is 2.21. The Kier molecular flexibility index (Phi) is 8.90. The second kappa shape index (κ2) is 8.19. The van der Waals surface area contributed by atoms with Crippen LogP contribution in [0.3, 0.4) is 0 Å². The van der Waals surface area contributed by atoms with Gasteiger partial charge >= 0.3 is 12.0 Å². The summed E-state index contributed by atoms with van der Waals surface area (Å²) >= 11 is 5.24. The average molecular weight is 261 g/mol. The first-order valence-corrected chi connectivity index (χ1v) is 3.62. The van der Waals surface area contributed by atoms with Crippen LogP contribution in [0.4, 0.5) is 4.79 Å². The predicted molar refractivity (Wildman–Crippen MR) is 53.3 cm³/mol. The van der Waals surface area contributed by atoms with Gasteiger partial charge in [-0.05, 0) is 0 Å². The molecule has 1 saturated heterocycles. The quantitative estimate of drug-likeness (QED) is 0.525. The lowest BCUT2D eigenvalue weighted by Gasteiger charge is -1.87. The number of carbonyl (C=O) groups is 1. The second-order valence-corrected chi connectivity index (χ2v) is 2.33. The van der Waals surface area contributed by atoms with Gasteiger partial charge in [-0.15, -0.1) is 12.4 Å². The van der Waals surface area contributed by atoms with E-state index in [-0.39, 0.29) is 26.4 Å². The van der Waals surface area contributed by atoms with E-state index in [0.29, 0.717) is 0 Å². The van der Waals surface area contributed by atoms with E-state index < -0.39 is 17.5 Å². The van der Waals surface area contributed by atoms with Crippen LogP contribution in [0, 0.1) is 0 Å². The van der Waals surface area contributed by atoms with Gasteiger partial charge in [-0.1, -0.05) is 19.0 Å². The molecule has 88 valence electrons. The molecule has 8 heteroatoms. The molecule has 0 aliphatic carbocycles. The Hall–Kier alpha value is -1.14. The third-order valence-electron chi connectivity index (χ3n) is 0.940. The summed E-state index contributed by atoms with van der Waals surface area (Å²) in [6.07, 6.45) is 1.69. The number of alkyl halides is 1. The summed E-state index contributed by atoms with van der Waals surface area (Å²) in [5.74, 6) is -0.657. The molecule has 1 fully saturated rings. The lowest BCUT2D eigenvalue weighted by molar-refractivity contribution is 0.128. The van der Waals surface area contributed by atoms with E-state index >= 15 is 0 Å². The smallest absolute Gasteiger partial charge is 0.429 e. The molecule has 0 radical (unpaired) electrons. The van der Waals surface area contributed by atoms with E-state index in [0.717, 1.165) is 0 Å². The summed E-state index contributed by atoms with van der Waals surface area (Å²) in [4.78, 5) is 19.7. The van der Waals surface area contributed by atoms with Crippen LogP contribution < -0.4 is 5.82 Å². The minimum Gasteiger partial charge on any atom is -0.429 e. The van der Waals surface area contributed by atoms with E-state index in [1.165, 1.54) is 12.5 Å². The molecule has 2 heterocycles. The first-order valence-electron chi connectivity index (χ1n) is 3.18. The van der Waals surface area contributed by atoms with Gasteiger partial charge < -0.3 is 18.3 Å². The van der Waals surface area contributed by atoms with E-state index in [2.05, 4.69) is 18.3 Å². The predicted octanol–water partition coefficient (Wildman–Crippen LogP) is 2.01. The Morgan fingerprint density at radius 3 is 1.93 bits per heavy atom. The molecule has 0 aromatic carbocycles. The van der Waals surface area contributed by atoms with E-state index in [1.807, 2.05) is 0 Å². The number of ether oxygens (including phenoxy) is 2. The van der Waals surface area contributed by atoms with Crippen LogP contribution in [0.1, 0.15) is 7.43 Å². The zero-order chi connectivity index (χ0) is 9.68. The van der Waals surface area contributed by atoms with Gasteiger partial charge in [0.15, 0.2) is 0 Å². The summed E-state index contributed by atoms with van der Waals surface area (Å²) in [5, 5.41) is 0. The Labute approximate surface area is 96.5 Å². The Balaban J connectivity index is 0. The van der Waals surface area contributed by atoms with Gasteiger partial charge in [-0.2, -0.15) is 0 Å². The molecule has 0 amide bonds. The summed E-state index contributed by atoms with van der Waals surface area (Å²) in [6, 6.07) is 0. The summed E-state index contributed by atoms with van der Waals surface area (Å²) < 4.78 is 16.8. The molecule has 0 saturated carbocycles. The van der Waals surface area contributed by atoms with Crippen LogP contribution in [0.25, 0.3) is 0 Å². The third kappa shape index (κ3) is 6.87. The molecule has 0 spiro atoms. The molecule has 1 aromatic heterocycles. The minimum absolute atomic E-state index is 0. The van der Waals surface area contributed by atoms with Crippen molar-refractivity contribution in [2.45, 2.75) is 13.0 Å². The van der Waals surface area contributed by atoms with Gasteiger partial charge in [-0.3, -0.25) is 0 Å². The topological polar surface area (TPSA) is 78.9 Å². The van der Waals surface area contributed by atoms with Gasteiger partial charge in [0.25, 0.3) is 0 Å². The average Bonchev–Trinajstić information content (AvgIpc) is 2.64. The van der Waals surface area contributed by atoms with Crippen LogP contribution in [0.15, 0.2) is 26.2 Å². The standard InChI is InChI=1S/C3H3ClO3.C3H2O3.CH4.ClH/c4-2-1-6-3(5)7-2;4-3-5-1-2-6-3;;/h2H,1H2;1-2H;1H4;1H. The fourth-order valence-electron chi connectivity index (χ4n) is 0.500. The molecule has 15 heavy (non-hydrogen) atoms. The fourth-order valence-corrected chi connectivity index (χ4v) is 0.636. The van der Waals surface area contributed by atoms with Gasteiger partial charge in [0.2, 0.25) is 5.56 Å². The third-order valence-corrected chi connectivity index (χ3v) is 1.16. The van der Waals surface area contributed by atoms with Crippen molar-refractivity contribution in [3.05, 3.63) is 23.1 Å². The Morgan fingerprint density at radius 2 is 1.80 bits per heavy atom. The highest BCUT2D eigenvalue weighted by atomic mass is 35.5. The highest BCUT2D eigenvalue weighted by molar-refractivity contribution is 6.20. The summed E-state index contributed by atoms with van der Waals surface area (Å²) in [5.41, 5.74) is -0.576. The number of hydrogen-bond acceptors (Lipinski definition) is 6. The van der Waals surface area contributed by atoms with Crippen molar-refractivity contribution in [1.82, 2.24) is 0 Å². The number of carbonyl (C=O) groups excluding carboxylic acids is 1. The van der Waals surface area contributed by atoms with Crippen molar-refractivity contribution in [2.75, 3.05) is 6.61 Å². The SMILES string of the molecule is C.Cl.O=C1OCC(Cl)O1.O=c1occo1. The first kappa shape index (κ1) is 16.3. The molecule has 0 bridgehead atoms. The van der Waals surface area contributed by atoms with Gasteiger partial charge in [0.05, 0.1) is 0 Å². The first-order chi connectivity index (χ1) is 6.18. The molecular formula is C7H10Cl2O6. The summed E-state index contributed by atoms with van der Waals surface area (Å²) in [6.45, 7) is 0.167. The minimum atomic E-state index is -0.681. The Morgan fingerprint density at radius 1 is 1.27 bits per heavy atom. The molecule has 1 atom stereocenters. The number of rotatable bonds is 0. The van der Waals surface area contributed by atoms with Crippen LogP contribution in [-0.4, -0.2) is 18.3 Å². The van der Waals surface area contributed by atoms with Crippen molar-refractivity contribution >= 4 is 30.2 Å². The van der Waals surface area contributed by atoms with Gasteiger partial charge in [0, 0.05) is 0 Å². The van der Waals surface area contributed by atoms with Crippen molar-refractivity contribution in [1.29, 1.82) is 0 Å². The second-order valence-electron chi connectivity index (χ2n) is 1.85. The molecular weight excluding hydrogens is 251 g/mol. The van der Waals surface area contributed by atoms with Crippen molar-refractivity contribution < 1.29 is 23.1 Å². The Bertz CT molecular complexity index is 303. The van der Waals surface area contributed by atoms with Crippen molar-refractivity contribution in [3.63, 3.8) is 0 Å². The van der Waals surface area contributed by atoms with E-state index in [4.69, 9.17) is 11.6 Å². The fraction of sp³-hybridized carbons (Fsp3) is 0.429. The molecule has 1 unspecified atom stereocenters. The van der Waals surface area contributed by atoms with Crippen LogP contribution >= 0.6 is 24.0 Å². The maximum atomic E-state index is 9.92. The van der Waals surface area contributed by atoms with Gasteiger partial charge in [-0.25, -0.2) is 9.59 Å². The van der Waals surface area contributed by atoms with Gasteiger partial charge in [0.1, 0.15) is 19.1 Å². The number of cyclic esters (lactones) is 2. The molecule has 0 N–H and O–H groups in total. The highest BCUT2D eigenvalue weighted by Crippen LogP contribution is 2.08. The number of hydrogen-bond donors (Lipinski definition) is 0. The monoisotopic (exact) mass is 260 g/mol. The van der Waals surface area contributed by atoms with E-state index in [9.17, 15) is 9.59 Å². The van der Waals surface area contributed by atoms with Crippen molar-refractivity contribution in [2.24, 2.45) is 0 Å². The van der Waals surface area contributed by atoms with Crippen LogP contribution in [0.2, 0.25) is 0 Å². The maximum absolute atomic E-state index is 9.92. The molecule has 1 aromatic rings. The molecule has 2 rings (SSSR count). The molecule has 6 nitrogen and oxygen atoms in total. The zero-order valence-electron chi connectivity index (χ0n) is 6.67. The lowest BCUT2D eigenvalue weighted by Crippen LogP contribution is -1.97. The summed E-state index contributed by atoms with van der Waals surface area (Å²) in [7, 11) is 0. The lowest BCUT2D eigenvalue weighted by atomic mass is 10.8. The number of halogens is 2. The van der Waals surface area contributed by atoms with Crippen LogP contribution in [0.5, 0.6) is 0 Å².